The van der Waals surface area contributed by atoms with Gasteiger partial charge >= 0.3 is 0 Å². The first kappa shape index (κ1) is 15.4. The van der Waals surface area contributed by atoms with Crippen molar-refractivity contribution in [3.8, 4) is 0 Å². The van der Waals surface area contributed by atoms with E-state index >= 15 is 0 Å². The van der Waals surface area contributed by atoms with E-state index in [0.29, 0.717) is 6.61 Å². The largest absolute Gasteiger partial charge is 0.369 e. The van der Waals surface area contributed by atoms with Crippen molar-refractivity contribution in [2.75, 3.05) is 18.5 Å². The predicted molar refractivity (Wildman–Crippen MR) is 77.8 cm³/mol. The van der Waals surface area contributed by atoms with Crippen LogP contribution in [0.4, 0.5) is 5.82 Å². The Morgan fingerprint density at radius 2 is 1.94 bits per heavy atom. The number of rotatable bonds is 7. The van der Waals surface area contributed by atoms with Crippen molar-refractivity contribution in [2.24, 2.45) is 0 Å². The molecule has 0 unspecified atom stereocenters. The molecule has 0 bridgehead atoms. The fourth-order valence-corrected chi connectivity index (χ4v) is 2.32. The maximum atomic E-state index is 5.92. The van der Waals surface area contributed by atoms with Crippen molar-refractivity contribution in [1.82, 2.24) is 9.97 Å². The highest BCUT2D eigenvalue weighted by Gasteiger charge is 2.32. The summed E-state index contributed by atoms with van der Waals surface area (Å²) in [5, 5.41) is 3.23. The van der Waals surface area contributed by atoms with E-state index in [4.69, 9.17) is 4.74 Å². The average Bonchev–Trinajstić information content (AvgIpc) is 2.39. The molecule has 1 aromatic heterocycles. The van der Waals surface area contributed by atoms with Crippen molar-refractivity contribution in [2.45, 2.75) is 46.1 Å². The van der Waals surface area contributed by atoms with Crippen LogP contribution >= 0.6 is 15.9 Å². The van der Waals surface area contributed by atoms with Crippen molar-refractivity contribution in [1.29, 1.82) is 0 Å². The second kappa shape index (κ2) is 7.04. The maximum Gasteiger partial charge on any atom is 0.162 e. The Labute approximate surface area is 118 Å². The van der Waals surface area contributed by atoms with Crippen molar-refractivity contribution in [3.05, 3.63) is 16.5 Å². The van der Waals surface area contributed by atoms with Crippen LogP contribution < -0.4 is 5.32 Å². The molecule has 18 heavy (non-hydrogen) atoms. The SMILES string of the molecule is CCNc1nc(C(CC)(CC)OCC)ncc1Br. The fourth-order valence-electron chi connectivity index (χ4n) is 1.99. The van der Waals surface area contributed by atoms with Gasteiger partial charge in [-0.1, -0.05) is 13.8 Å². The van der Waals surface area contributed by atoms with E-state index in [1.54, 1.807) is 6.20 Å². The third-order valence-electron chi connectivity index (χ3n) is 3.06. The van der Waals surface area contributed by atoms with Gasteiger partial charge in [-0.2, -0.15) is 0 Å². The van der Waals surface area contributed by atoms with Gasteiger partial charge in [0, 0.05) is 19.3 Å². The van der Waals surface area contributed by atoms with Crippen LogP contribution in [0.1, 0.15) is 46.4 Å². The Bertz CT molecular complexity index is 380. The lowest BCUT2D eigenvalue weighted by atomic mass is 9.96. The van der Waals surface area contributed by atoms with E-state index in [9.17, 15) is 0 Å². The van der Waals surface area contributed by atoms with Gasteiger partial charge in [-0.15, -0.1) is 0 Å². The van der Waals surface area contributed by atoms with Crippen LogP contribution in [0.5, 0.6) is 0 Å². The number of ether oxygens (including phenoxy) is 1. The molecule has 0 amide bonds. The first-order valence-corrected chi connectivity index (χ1v) is 7.33. The summed E-state index contributed by atoms with van der Waals surface area (Å²) in [5.41, 5.74) is -0.375. The van der Waals surface area contributed by atoms with Crippen molar-refractivity contribution in [3.63, 3.8) is 0 Å². The second-order valence-corrected chi connectivity index (χ2v) is 4.91. The van der Waals surface area contributed by atoms with Crippen LogP contribution in [0.2, 0.25) is 0 Å². The molecule has 0 aliphatic rings. The normalized spacial score (nSPS) is 11.6. The maximum absolute atomic E-state index is 5.92. The number of nitrogens with zero attached hydrogens (tertiary/aromatic N) is 2. The molecule has 0 aromatic carbocycles. The second-order valence-electron chi connectivity index (χ2n) is 4.05. The van der Waals surface area contributed by atoms with Gasteiger partial charge in [0.15, 0.2) is 5.82 Å². The van der Waals surface area contributed by atoms with Crippen LogP contribution in [-0.4, -0.2) is 23.1 Å². The highest BCUT2D eigenvalue weighted by Crippen LogP contribution is 2.32. The third-order valence-corrected chi connectivity index (χ3v) is 3.64. The Kier molecular flexibility index (Phi) is 6.02. The Hall–Kier alpha value is -0.680. The molecule has 0 spiro atoms. The molecule has 0 saturated heterocycles. The molecule has 1 heterocycles. The van der Waals surface area contributed by atoms with E-state index in [0.717, 1.165) is 35.5 Å². The number of nitrogens with one attached hydrogen (secondary N) is 1. The van der Waals surface area contributed by atoms with Gasteiger partial charge in [-0.05, 0) is 42.6 Å². The van der Waals surface area contributed by atoms with Gasteiger partial charge < -0.3 is 10.1 Å². The highest BCUT2D eigenvalue weighted by atomic mass is 79.9. The standard InChI is InChI=1S/C13H22BrN3O/c1-5-13(6-2,18-8-4)12-16-9-10(14)11(17-12)15-7-3/h9H,5-8H2,1-4H3,(H,15,16,17). The van der Waals surface area contributed by atoms with E-state index in [2.05, 4.69) is 45.1 Å². The number of halogens is 1. The van der Waals surface area contributed by atoms with E-state index in [1.165, 1.54) is 0 Å². The first-order valence-electron chi connectivity index (χ1n) is 6.54. The molecular weight excluding hydrogens is 294 g/mol. The number of anilines is 1. The third kappa shape index (κ3) is 3.20. The summed E-state index contributed by atoms with van der Waals surface area (Å²) in [6, 6.07) is 0. The molecule has 0 radical (unpaired) electrons. The van der Waals surface area contributed by atoms with Crippen LogP contribution in [0.25, 0.3) is 0 Å². The zero-order chi connectivity index (χ0) is 13.6. The molecule has 0 aliphatic heterocycles. The van der Waals surface area contributed by atoms with E-state index in [-0.39, 0.29) is 5.60 Å². The van der Waals surface area contributed by atoms with Crippen LogP contribution in [0.3, 0.4) is 0 Å². The summed E-state index contributed by atoms with van der Waals surface area (Å²) < 4.78 is 6.80. The highest BCUT2D eigenvalue weighted by molar-refractivity contribution is 9.10. The summed E-state index contributed by atoms with van der Waals surface area (Å²) >= 11 is 3.45. The Morgan fingerprint density at radius 3 is 2.44 bits per heavy atom. The van der Waals surface area contributed by atoms with Gasteiger partial charge in [0.05, 0.1) is 4.47 Å². The van der Waals surface area contributed by atoms with Crippen LogP contribution in [0, 0.1) is 0 Å². The Balaban J connectivity index is 3.16. The quantitative estimate of drug-likeness (QED) is 0.833. The number of aromatic nitrogens is 2. The first-order chi connectivity index (χ1) is 8.63. The predicted octanol–water partition coefficient (Wildman–Crippen LogP) is 3.72. The van der Waals surface area contributed by atoms with Crippen LogP contribution in [-0.2, 0) is 10.3 Å². The lowest BCUT2D eigenvalue weighted by Crippen LogP contribution is -2.31. The molecule has 0 aliphatic carbocycles. The molecule has 1 aromatic rings. The molecular formula is C13H22BrN3O. The summed E-state index contributed by atoms with van der Waals surface area (Å²) in [5.74, 6) is 1.59. The van der Waals surface area contributed by atoms with Gasteiger partial charge in [0.25, 0.3) is 0 Å². The Morgan fingerprint density at radius 1 is 1.28 bits per heavy atom. The summed E-state index contributed by atoms with van der Waals surface area (Å²) in [4.78, 5) is 9.03. The lowest BCUT2D eigenvalue weighted by Gasteiger charge is -2.30. The average molecular weight is 316 g/mol. The molecule has 1 rings (SSSR count). The summed E-state index contributed by atoms with van der Waals surface area (Å²) in [6.45, 7) is 9.76. The minimum absolute atomic E-state index is 0.375. The summed E-state index contributed by atoms with van der Waals surface area (Å²) in [6.07, 6.45) is 3.52. The minimum atomic E-state index is -0.375. The molecule has 0 saturated carbocycles. The molecule has 1 N–H and O–H groups in total. The molecule has 0 fully saturated rings. The van der Waals surface area contributed by atoms with E-state index < -0.39 is 0 Å². The molecule has 0 atom stereocenters. The zero-order valence-electron chi connectivity index (χ0n) is 11.6. The lowest BCUT2D eigenvalue weighted by molar-refractivity contribution is -0.0570. The number of hydrogen-bond donors (Lipinski definition) is 1. The smallest absolute Gasteiger partial charge is 0.162 e. The van der Waals surface area contributed by atoms with Crippen molar-refractivity contribution >= 4 is 21.7 Å². The molecule has 5 heteroatoms. The fraction of sp³-hybridized carbons (Fsp3) is 0.692. The van der Waals surface area contributed by atoms with Crippen LogP contribution in [0.15, 0.2) is 10.7 Å². The zero-order valence-corrected chi connectivity index (χ0v) is 13.2. The number of hydrogen-bond acceptors (Lipinski definition) is 4. The van der Waals surface area contributed by atoms with Gasteiger partial charge in [0.2, 0.25) is 0 Å². The monoisotopic (exact) mass is 315 g/mol. The molecule has 102 valence electrons. The van der Waals surface area contributed by atoms with Gasteiger partial charge in [-0.25, -0.2) is 9.97 Å². The van der Waals surface area contributed by atoms with Gasteiger partial charge in [0.1, 0.15) is 11.4 Å². The topological polar surface area (TPSA) is 47.0 Å². The summed E-state index contributed by atoms with van der Waals surface area (Å²) in [7, 11) is 0. The minimum Gasteiger partial charge on any atom is -0.369 e. The van der Waals surface area contributed by atoms with E-state index in [1.807, 2.05) is 13.8 Å². The van der Waals surface area contributed by atoms with Gasteiger partial charge in [-0.3, -0.25) is 0 Å². The molecule has 4 nitrogen and oxygen atoms in total. The van der Waals surface area contributed by atoms with Crippen molar-refractivity contribution < 1.29 is 4.74 Å².